The molecule has 9 nitrogen and oxygen atoms in total. The second kappa shape index (κ2) is 37.5. The lowest BCUT2D eigenvalue weighted by Crippen LogP contribution is -2.29. The predicted molar refractivity (Wildman–Crippen MR) is 215 cm³/mol. The third-order valence-electron chi connectivity index (χ3n) is 8.70. The minimum absolute atomic E-state index is 0.00106. The number of nitrogens with zero attached hydrogens (tertiary/aromatic N) is 1. The van der Waals surface area contributed by atoms with Crippen LogP contribution >= 0.6 is 7.82 Å². The first-order chi connectivity index (χ1) is 25.2. The summed E-state index contributed by atoms with van der Waals surface area (Å²) in [7, 11) is -0.733. The molecule has 0 saturated heterocycles. The van der Waals surface area contributed by atoms with E-state index in [9.17, 15) is 19.0 Å². The summed E-state index contributed by atoms with van der Waals surface area (Å²) < 4.78 is 33.3. The minimum Gasteiger partial charge on any atom is -0.462 e. The molecule has 0 radical (unpaired) electrons. The number of unbranched alkanes of at least 4 members (excludes halogenated alkanes) is 18. The van der Waals surface area contributed by atoms with Gasteiger partial charge in [-0.15, -0.1) is 0 Å². The Bertz CT molecular complexity index is 968. The molecule has 0 fully saturated rings. The predicted octanol–water partition coefficient (Wildman–Crippen LogP) is 11.6. The van der Waals surface area contributed by atoms with Crippen molar-refractivity contribution in [3.8, 4) is 0 Å². The lowest BCUT2D eigenvalue weighted by Gasteiger charge is -2.20. The van der Waals surface area contributed by atoms with E-state index in [1.54, 1.807) is 0 Å². The first-order valence-electron chi connectivity index (χ1n) is 20.8. The SMILES string of the molecule is CCCCCCCC/C=C\C/C=C\C/C=C\CCCC(=O)OC(COC(=O)CCCCCCCCCCCCCC)COP(=O)(O)OCCN(C)C. The number of hydrogen-bond donors (Lipinski definition) is 1. The second-order valence-electron chi connectivity index (χ2n) is 14.2. The van der Waals surface area contributed by atoms with Gasteiger partial charge >= 0.3 is 19.8 Å². The number of allylic oxidation sites excluding steroid dienone is 6. The van der Waals surface area contributed by atoms with E-state index in [-0.39, 0.29) is 32.0 Å². The van der Waals surface area contributed by atoms with Gasteiger partial charge in [-0.2, -0.15) is 0 Å². The van der Waals surface area contributed by atoms with E-state index in [1.165, 1.54) is 96.3 Å². The van der Waals surface area contributed by atoms with Crippen molar-refractivity contribution in [3.05, 3.63) is 36.5 Å². The monoisotopic (exact) mass is 756 g/mol. The van der Waals surface area contributed by atoms with Gasteiger partial charge < -0.3 is 19.3 Å². The van der Waals surface area contributed by atoms with Gasteiger partial charge in [-0.3, -0.25) is 18.6 Å². The van der Waals surface area contributed by atoms with Crippen LogP contribution in [-0.4, -0.2) is 68.3 Å². The molecule has 1 N–H and O–H groups in total. The quantitative estimate of drug-likeness (QED) is 0.0285. The average molecular weight is 756 g/mol. The van der Waals surface area contributed by atoms with Gasteiger partial charge in [-0.05, 0) is 59.0 Å². The van der Waals surface area contributed by atoms with Crippen LogP contribution in [0.1, 0.15) is 174 Å². The third kappa shape index (κ3) is 38.0. The van der Waals surface area contributed by atoms with Crippen LogP contribution in [0.25, 0.3) is 0 Å². The Morgan fingerprint density at radius 1 is 0.596 bits per heavy atom. The van der Waals surface area contributed by atoms with E-state index in [0.717, 1.165) is 44.9 Å². The number of rotatable bonds is 38. The molecular formula is C42H78NO8P. The molecule has 0 aliphatic carbocycles. The van der Waals surface area contributed by atoms with Crippen molar-refractivity contribution in [2.45, 2.75) is 180 Å². The third-order valence-corrected chi connectivity index (χ3v) is 9.68. The van der Waals surface area contributed by atoms with E-state index < -0.39 is 26.5 Å². The van der Waals surface area contributed by atoms with Gasteiger partial charge in [-0.25, -0.2) is 4.57 Å². The molecule has 0 aromatic carbocycles. The maximum Gasteiger partial charge on any atom is 0.472 e. The van der Waals surface area contributed by atoms with Crippen molar-refractivity contribution in [2.24, 2.45) is 0 Å². The van der Waals surface area contributed by atoms with Crippen molar-refractivity contribution < 1.29 is 37.6 Å². The number of hydrogen-bond acceptors (Lipinski definition) is 8. The Morgan fingerprint density at radius 2 is 1.06 bits per heavy atom. The molecule has 2 unspecified atom stereocenters. The fourth-order valence-electron chi connectivity index (χ4n) is 5.47. The average Bonchev–Trinajstić information content (AvgIpc) is 3.11. The van der Waals surface area contributed by atoms with E-state index in [0.29, 0.717) is 13.0 Å². The van der Waals surface area contributed by atoms with Gasteiger partial charge in [0.05, 0.1) is 13.2 Å². The summed E-state index contributed by atoms with van der Waals surface area (Å²) in [6.45, 7) is 4.25. The molecule has 304 valence electrons. The van der Waals surface area contributed by atoms with Crippen molar-refractivity contribution >= 4 is 19.8 Å². The van der Waals surface area contributed by atoms with E-state index in [4.69, 9.17) is 18.5 Å². The molecule has 0 spiro atoms. The summed E-state index contributed by atoms with van der Waals surface area (Å²) in [5.74, 6) is -0.862. The molecule has 10 heteroatoms. The molecule has 0 aromatic heterocycles. The number of phosphoric acid groups is 1. The van der Waals surface area contributed by atoms with Crippen LogP contribution in [-0.2, 0) is 32.7 Å². The lowest BCUT2D eigenvalue weighted by molar-refractivity contribution is -0.161. The number of esters is 2. The van der Waals surface area contributed by atoms with Gasteiger partial charge in [0.15, 0.2) is 6.10 Å². The van der Waals surface area contributed by atoms with Crippen LogP contribution in [0.5, 0.6) is 0 Å². The smallest absolute Gasteiger partial charge is 0.462 e. The maximum absolute atomic E-state index is 12.6. The number of ether oxygens (including phenoxy) is 2. The summed E-state index contributed by atoms with van der Waals surface area (Å²) in [5.41, 5.74) is 0. The van der Waals surface area contributed by atoms with E-state index in [2.05, 4.69) is 50.3 Å². The Labute approximate surface area is 319 Å². The Kier molecular flexibility index (Phi) is 36.3. The van der Waals surface area contributed by atoms with Gasteiger partial charge in [-0.1, -0.05) is 153 Å². The van der Waals surface area contributed by atoms with Gasteiger partial charge in [0.2, 0.25) is 0 Å². The molecule has 0 aromatic rings. The lowest BCUT2D eigenvalue weighted by atomic mass is 10.0. The number of carbonyl (C=O) groups excluding carboxylic acids is 2. The van der Waals surface area contributed by atoms with E-state index >= 15 is 0 Å². The molecule has 0 bridgehead atoms. The number of carbonyl (C=O) groups is 2. The zero-order chi connectivity index (χ0) is 38.4. The first-order valence-corrected chi connectivity index (χ1v) is 22.3. The summed E-state index contributed by atoms with van der Waals surface area (Å²) in [6.07, 6.45) is 39.1. The zero-order valence-electron chi connectivity index (χ0n) is 33.7. The Balaban J connectivity index is 4.41. The van der Waals surface area contributed by atoms with Crippen LogP contribution in [0.3, 0.4) is 0 Å². The molecule has 0 aliphatic rings. The van der Waals surface area contributed by atoms with Crippen molar-refractivity contribution in [3.63, 3.8) is 0 Å². The van der Waals surface area contributed by atoms with E-state index in [1.807, 2.05) is 19.0 Å². The topological polar surface area (TPSA) is 112 Å². The molecule has 2 atom stereocenters. The van der Waals surface area contributed by atoms with Crippen LogP contribution in [0, 0.1) is 0 Å². The molecule has 52 heavy (non-hydrogen) atoms. The van der Waals surface area contributed by atoms with Crippen molar-refractivity contribution in [2.75, 3.05) is 40.5 Å². The summed E-state index contributed by atoms with van der Waals surface area (Å²) >= 11 is 0. The Hall–Kier alpha value is -1.77. The second-order valence-corrected chi connectivity index (χ2v) is 15.6. The molecular weight excluding hydrogens is 677 g/mol. The standard InChI is InChI=1S/C42H78NO8P/c1-5-7-9-11-13-15-17-19-20-21-22-23-25-27-29-31-33-35-42(45)51-40(39-50-52(46,47)49-37-36-43(3)4)38-48-41(44)34-32-30-28-26-24-18-16-14-12-10-8-6-2/h19-20,22-23,27,29,40H,5-18,21,24-26,28,30-39H2,1-4H3,(H,46,47)/b20-19-,23-22-,29-27-. The van der Waals surface area contributed by atoms with Gasteiger partial charge in [0, 0.05) is 19.4 Å². The van der Waals surface area contributed by atoms with Crippen molar-refractivity contribution in [1.29, 1.82) is 0 Å². The summed E-state index contributed by atoms with van der Waals surface area (Å²) in [5, 5.41) is 0. The van der Waals surface area contributed by atoms with Crippen molar-refractivity contribution in [1.82, 2.24) is 4.90 Å². The highest BCUT2D eigenvalue weighted by molar-refractivity contribution is 7.47. The molecule has 0 saturated carbocycles. The number of likely N-dealkylation sites (N-methyl/N-ethyl adjacent to an activating group) is 1. The highest BCUT2D eigenvalue weighted by Crippen LogP contribution is 2.43. The molecule has 0 aliphatic heterocycles. The number of phosphoric ester groups is 1. The largest absolute Gasteiger partial charge is 0.472 e. The minimum atomic E-state index is -4.37. The van der Waals surface area contributed by atoms with Gasteiger partial charge in [0.25, 0.3) is 0 Å². The van der Waals surface area contributed by atoms with Crippen LogP contribution < -0.4 is 0 Å². The fraction of sp³-hybridized carbons (Fsp3) is 0.810. The molecule has 0 amide bonds. The highest BCUT2D eigenvalue weighted by Gasteiger charge is 2.26. The van der Waals surface area contributed by atoms with Crippen LogP contribution in [0.4, 0.5) is 0 Å². The van der Waals surface area contributed by atoms with Gasteiger partial charge in [0.1, 0.15) is 6.61 Å². The molecule has 0 heterocycles. The highest BCUT2D eigenvalue weighted by atomic mass is 31.2. The molecule has 0 rings (SSSR count). The fourth-order valence-corrected chi connectivity index (χ4v) is 6.21. The first kappa shape index (κ1) is 50.2. The summed E-state index contributed by atoms with van der Waals surface area (Å²) in [6, 6.07) is 0. The van der Waals surface area contributed by atoms with Crippen LogP contribution in [0.15, 0.2) is 36.5 Å². The van der Waals surface area contributed by atoms with Crippen LogP contribution in [0.2, 0.25) is 0 Å². The maximum atomic E-state index is 12.6. The zero-order valence-corrected chi connectivity index (χ0v) is 34.6. The Morgan fingerprint density at radius 3 is 1.60 bits per heavy atom. The normalized spacial score (nSPS) is 13.8. The summed E-state index contributed by atoms with van der Waals surface area (Å²) in [4.78, 5) is 36.9.